The Morgan fingerprint density at radius 2 is 2.10 bits per heavy atom. The van der Waals surface area contributed by atoms with Gasteiger partial charge in [0.25, 0.3) is 0 Å². The van der Waals surface area contributed by atoms with Crippen molar-refractivity contribution in [1.29, 1.82) is 0 Å². The Bertz CT molecular complexity index is 655. The molecule has 0 atom stereocenters. The number of nitrogens with one attached hydrogen (secondary N) is 1. The summed E-state index contributed by atoms with van der Waals surface area (Å²) < 4.78 is 4.91. The van der Waals surface area contributed by atoms with E-state index in [4.69, 9.17) is 4.74 Å². The van der Waals surface area contributed by atoms with Crippen LogP contribution in [0.5, 0.6) is 0 Å². The molecule has 7 heteroatoms. The van der Waals surface area contributed by atoms with Gasteiger partial charge in [0.15, 0.2) is 0 Å². The normalized spacial score (nSPS) is 11.0. The lowest BCUT2D eigenvalue weighted by Gasteiger charge is -2.06. The van der Waals surface area contributed by atoms with Crippen LogP contribution in [0.15, 0.2) is 5.03 Å². The number of hydrogen-bond acceptors (Lipinski definition) is 6. The molecule has 0 radical (unpaired) electrons. The van der Waals surface area contributed by atoms with E-state index in [0.29, 0.717) is 18.9 Å². The molecule has 0 saturated carbocycles. The van der Waals surface area contributed by atoms with Crippen molar-refractivity contribution < 1.29 is 9.53 Å². The van der Waals surface area contributed by atoms with Crippen LogP contribution < -0.4 is 5.32 Å². The summed E-state index contributed by atoms with van der Waals surface area (Å²) in [4.78, 5) is 23.0. The molecule has 2 aromatic heterocycles. The van der Waals surface area contributed by atoms with Crippen molar-refractivity contribution in [2.45, 2.75) is 25.8 Å². The second kappa shape index (κ2) is 7.20. The van der Waals surface area contributed by atoms with E-state index in [9.17, 15) is 4.79 Å². The van der Waals surface area contributed by atoms with Gasteiger partial charge in [-0.2, -0.15) is 0 Å². The standard InChI is InChI=1S/C14H19N3O2S2/c1-8-9(2)21-14-12(8)13(16-10(3)17-14)20-7-11(18)15-5-6-19-4/h5-7H2,1-4H3,(H,15,18). The number of methoxy groups -OCH3 is 1. The van der Waals surface area contributed by atoms with E-state index in [1.165, 1.54) is 22.2 Å². The van der Waals surface area contributed by atoms with Gasteiger partial charge in [0.1, 0.15) is 15.7 Å². The van der Waals surface area contributed by atoms with Gasteiger partial charge >= 0.3 is 0 Å². The number of thiophene rings is 1. The van der Waals surface area contributed by atoms with Crippen molar-refractivity contribution in [3.05, 3.63) is 16.3 Å². The molecule has 0 fully saturated rings. The lowest BCUT2D eigenvalue weighted by molar-refractivity contribution is -0.118. The Hall–Kier alpha value is -1.18. The number of hydrogen-bond donors (Lipinski definition) is 1. The van der Waals surface area contributed by atoms with Gasteiger partial charge in [0.2, 0.25) is 5.91 Å². The van der Waals surface area contributed by atoms with Crippen LogP contribution in [0.2, 0.25) is 0 Å². The van der Waals surface area contributed by atoms with Gasteiger partial charge in [0, 0.05) is 23.9 Å². The number of aromatic nitrogens is 2. The molecule has 5 nitrogen and oxygen atoms in total. The molecule has 0 bridgehead atoms. The van der Waals surface area contributed by atoms with Gasteiger partial charge in [-0.3, -0.25) is 4.79 Å². The maximum absolute atomic E-state index is 11.8. The summed E-state index contributed by atoms with van der Waals surface area (Å²) in [5.41, 5.74) is 1.21. The fraction of sp³-hybridized carbons (Fsp3) is 0.500. The third-order valence-corrected chi connectivity index (χ3v) is 5.15. The highest BCUT2D eigenvalue weighted by molar-refractivity contribution is 8.00. The van der Waals surface area contributed by atoms with Gasteiger partial charge in [-0.15, -0.1) is 11.3 Å². The number of amides is 1. The van der Waals surface area contributed by atoms with Crippen LogP contribution in [0.25, 0.3) is 10.2 Å². The molecule has 0 aliphatic carbocycles. The first kappa shape index (κ1) is 16.2. The van der Waals surface area contributed by atoms with Gasteiger partial charge in [0.05, 0.1) is 12.4 Å². The third-order valence-electron chi connectivity index (χ3n) is 3.08. The number of ether oxygens (including phenoxy) is 1. The Kier molecular flexibility index (Phi) is 5.55. The predicted molar refractivity (Wildman–Crippen MR) is 87.2 cm³/mol. The molecular weight excluding hydrogens is 306 g/mol. The Balaban J connectivity index is 2.13. The minimum absolute atomic E-state index is 0.00827. The largest absolute Gasteiger partial charge is 0.383 e. The average Bonchev–Trinajstić information content (AvgIpc) is 2.71. The molecule has 2 rings (SSSR count). The summed E-state index contributed by atoms with van der Waals surface area (Å²) in [6.07, 6.45) is 0. The zero-order chi connectivity index (χ0) is 15.4. The monoisotopic (exact) mass is 325 g/mol. The lowest BCUT2D eigenvalue weighted by atomic mass is 10.2. The second-order valence-electron chi connectivity index (χ2n) is 4.67. The Morgan fingerprint density at radius 1 is 1.33 bits per heavy atom. The molecule has 0 unspecified atom stereocenters. The van der Waals surface area contributed by atoms with Crippen molar-refractivity contribution in [1.82, 2.24) is 15.3 Å². The first-order valence-corrected chi connectivity index (χ1v) is 8.46. The minimum atomic E-state index is -0.00827. The van der Waals surface area contributed by atoms with Crippen LogP contribution in [0, 0.1) is 20.8 Å². The maximum Gasteiger partial charge on any atom is 0.230 e. The topological polar surface area (TPSA) is 64.1 Å². The summed E-state index contributed by atoms with van der Waals surface area (Å²) in [5, 5.41) is 4.78. The summed E-state index contributed by atoms with van der Waals surface area (Å²) >= 11 is 3.14. The fourth-order valence-corrected chi connectivity index (χ4v) is 4.00. The first-order valence-electron chi connectivity index (χ1n) is 6.65. The van der Waals surface area contributed by atoms with Crippen molar-refractivity contribution in [2.24, 2.45) is 0 Å². The van der Waals surface area contributed by atoms with Crippen LogP contribution in [-0.4, -0.2) is 41.9 Å². The molecule has 0 aliphatic rings. The summed E-state index contributed by atoms with van der Waals surface area (Å²) in [5.74, 6) is 1.08. The number of rotatable bonds is 6. The number of fused-ring (bicyclic) bond motifs is 1. The maximum atomic E-state index is 11.8. The Labute approximate surface area is 132 Å². The van der Waals surface area contributed by atoms with Crippen LogP contribution in [0.3, 0.4) is 0 Å². The van der Waals surface area contributed by atoms with E-state index < -0.39 is 0 Å². The molecule has 2 aromatic rings. The van der Waals surface area contributed by atoms with Gasteiger partial charge < -0.3 is 10.1 Å². The molecule has 1 N–H and O–H groups in total. The zero-order valence-corrected chi connectivity index (χ0v) is 14.3. The quantitative estimate of drug-likeness (QED) is 0.502. The first-order chi connectivity index (χ1) is 10.0. The molecule has 0 aliphatic heterocycles. The number of thioether (sulfide) groups is 1. The zero-order valence-electron chi connectivity index (χ0n) is 12.6. The summed E-state index contributed by atoms with van der Waals surface area (Å²) in [7, 11) is 1.61. The number of aryl methyl sites for hydroxylation is 3. The van der Waals surface area contributed by atoms with E-state index in [-0.39, 0.29) is 5.91 Å². The second-order valence-corrected chi connectivity index (χ2v) is 6.84. The van der Waals surface area contributed by atoms with E-state index in [2.05, 4.69) is 29.1 Å². The molecule has 0 spiro atoms. The van der Waals surface area contributed by atoms with E-state index in [1.807, 2.05) is 6.92 Å². The van der Waals surface area contributed by atoms with E-state index in [0.717, 1.165) is 21.1 Å². The summed E-state index contributed by atoms with van der Waals surface area (Å²) in [6.45, 7) is 7.10. The van der Waals surface area contributed by atoms with Crippen LogP contribution in [0.1, 0.15) is 16.3 Å². The SMILES string of the molecule is COCCNC(=O)CSc1nc(C)nc2sc(C)c(C)c12. The van der Waals surface area contributed by atoms with E-state index >= 15 is 0 Å². The van der Waals surface area contributed by atoms with Crippen molar-refractivity contribution in [3.63, 3.8) is 0 Å². The van der Waals surface area contributed by atoms with Crippen LogP contribution in [0.4, 0.5) is 0 Å². The molecule has 1 amide bonds. The number of carbonyl (C=O) groups is 1. The molecule has 2 heterocycles. The van der Waals surface area contributed by atoms with Crippen molar-refractivity contribution in [3.8, 4) is 0 Å². The fourth-order valence-electron chi connectivity index (χ4n) is 1.90. The molecule has 0 saturated heterocycles. The Morgan fingerprint density at radius 3 is 2.81 bits per heavy atom. The number of nitrogens with zero attached hydrogens (tertiary/aromatic N) is 2. The highest BCUT2D eigenvalue weighted by Gasteiger charge is 2.14. The molecule has 21 heavy (non-hydrogen) atoms. The van der Waals surface area contributed by atoms with Crippen LogP contribution >= 0.6 is 23.1 Å². The molecular formula is C14H19N3O2S2. The number of carbonyl (C=O) groups excluding carboxylic acids is 1. The average molecular weight is 325 g/mol. The van der Waals surface area contributed by atoms with Crippen LogP contribution in [-0.2, 0) is 9.53 Å². The minimum Gasteiger partial charge on any atom is -0.383 e. The smallest absolute Gasteiger partial charge is 0.230 e. The predicted octanol–water partition coefficient (Wildman–Crippen LogP) is 2.47. The van der Waals surface area contributed by atoms with Crippen molar-refractivity contribution >= 4 is 39.2 Å². The summed E-state index contributed by atoms with van der Waals surface area (Å²) in [6, 6.07) is 0. The van der Waals surface area contributed by atoms with Gasteiger partial charge in [-0.25, -0.2) is 9.97 Å². The van der Waals surface area contributed by atoms with Gasteiger partial charge in [-0.1, -0.05) is 11.8 Å². The lowest BCUT2D eigenvalue weighted by Crippen LogP contribution is -2.28. The van der Waals surface area contributed by atoms with E-state index in [1.54, 1.807) is 18.4 Å². The van der Waals surface area contributed by atoms with Gasteiger partial charge in [-0.05, 0) is 26.3 Å². The molecule has 114 valence electrons. The third kappa shape index (κ3) is 3.93. The molecule has 0 aromatic carbocycles. The highest BCUT2D eigenvalue weighted by atomic mass is 32.2. The van der Waals surface area contributed by atoms with Crippen molar-refractivity contribution in [2.75, 3.05) is 26.0 Å². The highest BCUT2D eigenvalue weighted by Crippen LogP contribution is 2.34.